The van der Waals surface area contributed by atoms with Crippen LogP contribution in [0, 0.1) is 6.92 Å². The third kappa shape index (κ3) is 5.86. The van der Waals surface area contributed by atoms with Crippen LogP contribution < -0.4 is 4.90 Å². The highest BCUT2D eigenvalue weighted by molar-refractivity contribution is 7.99. The molecule has 0 unspecified atom stereocenters. The lowest BCUT2D eigenvalue weighted by Gasteiger charge is -2.21. The Kier molecular flexibility index (Phi) is 7.86. The van der Waals surface area contributed by atoms with Crippen LogP contribution in [-0.2, 0) is 10.5 Å². The molecule has 0 aliphatic carbocycles. The molecule has 3 aromatic carbocycles. The van der Waals surface area contributed by atoms with Gasteiger partial charge in [0, 0.05) is 22.8 Å². The summed E-state index contributed by atoms with van der Waals surface area (Å²) < 4.78 is 2.05. The van der Waals surface area contributed by atoms with Crippen LogP contribution in [0.1, 0.15) is 18.3 Å². The van der Waals surface area contributed by atoms with Crippen LogP contribution in [0.5, 0.6) is 0 Å². The number of nitrogens with zero attached hydrogens (tertiary/aromatic N) is 4. The molecular weight excluding hydrogens is 448 g/mol. The van der Waals surface area contributed by atoms with Gasteiger partial charge in [0.05, 0.1) is 11.5 Å². The molecule has 0 spiro atoms. The second-order valence-electron chi connectivity index (χ2n) is 7.44. The summed E-state index contributed by atoms with van der Waals surface area (Å²) in [5, 5.41) is 9.63. The van der Waals surface area contributed by atoms with Crippen molar-refractivity contribution in [2.24, 2.45) is 0 Å². The number of hydrogen-bond donors (Lipinski definition) is 0. The van der Waals surface area contributed by atoms with E-state index in [-0.39, 0.29) is 5.91 Å². The van der Waals surface area contributed by atoms with E-state index in [9.17, 15) is 4.79 Å². The minimum absolute atomic E-state index is 0.0518. The van der Waals surface area contributed by atoms with E-state index >= 15 is 0 Å². The van der Waals surface area contributed by atoms with E-state index in [1.807, 2.05) is 91.5 Å². The lowest BCUT2D eigenvalue weighted by molar-refractivity contribution is -0.116. The summed E-state index contributed by atoms with van der Waals surface area (Å²) in [4.78, 5) is 16.1. The number of carbonyl (C=O) groups is 1. The average Bonchev–Trinajstić information content (AvgIpc) is 3.26. The minimum Gasteiger partial charge on any atom is -0.312 e. The van der Waals surface area contributed by atoms with Gasteiger partial charge in [0.1, 0.15) is 5.82 Å². The highest BCUT2D eigenvalue weighted by Gasteiger charge is 2.19. The minimum atomic E-state index is 0.0518. The van der Waals surface area contributed by atoms with Crippen LogP contribution in [-0.4, -0.2) is 33.0 Å². The molecule has 0 N–H and O–H groups in total. The fraction of sp³-hybridized carbons (Fsp3) is 0.192. The second-order valence-corrected chi connectivity index (χ2v) is 9.43. The molecule has 0 atom stereocenters. The molecule has 168 valence electrons. The van der Waals surface area contributed by atoms with E-state index in [1.165, 1.54) is 16.7 Å². The zero-order valence-electron chi connectivity index (χ0n) is 18.7. The molecule has 1 heterocycles. The number of para-hydroxylation sites is 1. The number of anilines is 1. The Bertz CT molecular complexity index is 1200. The molecular formula is C26H26N4OS2. The van der Waals surface area contributed by atoms with Gasteiger partial charge in [-0.3, -0.25) is 9.36 Å². The molecule has 0 aliphatic rings. The van der Waals surface area contributed by atoms with Crippen molar-refractivity contribution < 1.29 is 4.79 Å². The normalized spacial score (nSPS) is 10.8. The van der Waals surface area contributed by atoms with E-state index in [4.69, 9.17) is 0 Å². The number of carbonyl (C=O) groups excluding carboxylic acids is 1. The van der Waals surface area contributed by atoms with Gasteiger partial charge in [-0.25, -0.2) is 0 Å². The third-order valence-corrected chi connectivity index (χ3v) is 7.00. The monoisotopic (exact) mass is 474 g/mol. The van der Waals surface area contributed by atoms with Crippen LogP contribution in [0.3, 0.4) is 0 Å². The molecule has 1 aromatic heterocycles. The summed E-state index contributed by atoms with van der Waals surface area (Å²) in [5.74, 6) is 1.88. The Morgan fingerprint density at radius 3 is 2.33 bits per heavy atom. The predicted octanol–water partition coefficient (Wildman–Crippen LogP) is 6.01. The summed E-state index contributed by atoms with van der Waals surface area (Å²) in [7, 11) is 0. The summed E-state index contributed by atoms with van der Waals surface area (Å²) in [6.07, 6.45) is 0. The lowest BCUT2D eigenvalue weighted by Crippen LogP contribution is -2.32. The first kappa shape index (κ1) is 23.1. The van der Waals surface area contributed by atoms with E-state index in [2.05, 4.69) is 26.9 Å². The standard InChI is InChI=1S/C26H26N4OS2/c1-3-29(22-14-10-11-20(2)17-22)25(31)19-33-26-28-27-24(18-32-23-15-8-5-9-16-23)30(26)21-12-6-4-7-13-21/h4-17H,3,18-19H2,1-2H3. The summed E-state index contributed by atoms with van der Waals surface area (Å²) in [6.45, 7) is 4.65. The molecule has 0 saturated carbocycles. The maximum Gasteiger partial charge on any atom is 0.237 e. The molecule has 0 fully saturated rings. The fourth-order valence-electron chi connectivity index (χ4n) is 3.49. The number of thioether (sulfide) groups is 2. The average molecular weight is 475 g/mol. The first-order chi connectivity index (χ1) is 16.2. The zero-order chi connectivity index (χ0) is 23.0. The number of hydrogen-bond acceptors (Lipinski definition) is 5. The van der Waals surface area contributed by atoms with Crippen molar-refractivity contribution in [1.29, 1.82) is 0 Å². The third-order valence-electron chi connectivity index (χ3n) is 5.08. The van der Waals surface area contributed by atoms with E-state index in [0.717, 1.165) is 27.9 Å². The molecule has 0 bridgehead atoms. The maximum atomic E-state index is 13.1. The van der Waals surface area contributed by atoms with Crippen molar-refractivity contribution in [3.63, 3.8) is 0 Å². The summed E-state index contributed by atoms with van der Waals surface area (Å²) in [6, 6.07) is 28.4. The first-order valence-electron chi connectivity index (χ1n) is 10.8. The van der Waals surface area contributed by atoms with Gasteiger partial charge < -0.3 is 4.90 Å². The molecule has 1 amide bonds. The predicted molar refractivity (Wildman–Crippen MR) is 137 cm³/mol. The molecule has 0 saturated heterocycles. The van der Waals surface area contributed by atoms with Gasteiger partial charge in [0.15, 0.2) is 5.16 Å². The number of rotatable bonds is 9. The van der Waals surface area contributed by atoms with Crippen LogP contribution in [0.25, 0.3) is 5.69 Å². The van der Waals surface area contributed by atoms with Crippen molar-refractivity contribution in [3.05, 3.63) is 96.3 Å². The van der Waals surface area contributed by atoms with Gasteiger partial charge >= 0.3 is 0 Å². The Labute approximate surface area is 203 Å². The largest absolute Gasteiger partial charge is 0.312 e. The van der Waals surface area contributed by atoms with Crippen molar-refractivity contribution in [2.45, 2.75) is 29.7 Å². The highest BCUT2D eigenvalue weighted by atomic mass is 32.2. The number of aryl methyl sites for hydroxylation is 1. The molecule has 5 nitrogen and oxygen atoms in total. The van der Waals surface area contributed by atoms with Gasteiger partial charge in [-0.1, -0.05) is 60.3 Å². The van der Waals surface area contributed by atoms with Gasteiger partial charge in [-0.15, -0.1) is 22.0 Å². The van der Waals surface area contributed by atoms with Crippen molar-refractivity contribution in [2.75, 3.05) is 17.2 Å². The Balaban J connectivity index is 1.53. The van der Waals surface area contributed by atoms with Gasteiger partial charge in [-0.2, -0.15) is 0 Å². The number of benzene rings is 3. The Morgan fingerprint density at radius 1 is 0.909 bits per heavy atom. The molecule has 33 heavy (non-hydrogen) atoms. The van der Waals surface area contributed by atoms with E-state index < -0.39 is 0 Å². The molecule has 4 rings (SSSR count). The second kappa shape index (κ2) is 11.2. The first-order valence-corrected chi connectivity index (χ1v) is 12.8. The quantitative estimate of drug-likeness (QED) is 0.278. The fourth-order valence-corrected chi connectivity index (χ4v) is 5.17. The van der Waals surface area contributed by atoms with Crippen LogP contribution in [0.4, 0.5) is 5.69 Å². The smallest absolute Gasteiger partial charge is 0.237 e. The van der Waals surface area contributed by atoms with E-state index in [0.29, 0.717) is 18.1 Å². The Hall–Kier alpha value is -3.03. The number of aromatic nitrogens is 3. The lowest BCUT2D eigenvalue weighted by atomic mass is 10.2. The van der Waals surface area contributed by atoms with Gasteiger partial charge in [-0.05, 0) is 55.8 Å². The Morgan fingerprint density at radius 2 is 1.64 bits per heavy atom. The molecule has 4 aromatic rings. The van der Waals surface area contributed by atoms with Crippen molar-refractivity contribution >= 4 is 35.1 Å². The van der Waals surface area contributed by atoms with Gasteiger partial charge in [0.25, 0.3) is 0 Å². The molecule has 7 heteroatoms. The van der Waals surface area contributed by atoms with Crippen molar-refractivity contribution in [3.8, 4) is 5.69 Å². The van der Waals surface area contributed by atoms with Crippen LogP contribution in [0.2, 0.25) is 0 Å². The molecule has 0 radical (unpaired) electrons. The van der Waals surface area contributed by atoms with Crippen LogP contribution >= 0.6 is 23.5 Å². The summed E-state index contributed by atoms with van der Waals surface area (Å²) >= 11 is 3.14. The van der Waals surface area contributed by atoms with Gasteiger partial charge in [0.2, 0.25) is 5.91 Å². The SMILES string of the molecule is CCN(C(=O)CSc1nnc(CSc2ccccc2)n1-c1ccccc1)c1cccc(C)c1. The van der Waals surface area contributed by atoms with E-state index in [1.54, 1.807) is 11.8 Å². The topological polar surface area (TPSA) is 51.0 Å². The summed E-state index contributed by atoms with van der Waals surface area (Å²) in [5.41, 5.74) is 3.05. The maximum absolute atomic E-state index is 13.1. The number of amides is 1. The van der Waals surface area contributed by atoms with Crippen LogP contribution in [0.15, 0.2) is 95.0 Å². The zero-order valence-corrected chi connectivity index (χ0v) is 20.4. The molecule has 0 aliphatic heterocycles. The highest BCUT2D eigenvalue weighted by Crippen LogP contribution is 2.28. The van der Waals surface area contributed by atoms with Crippen molar-refractivity contribution in [1.82, 2.24) is 14.8 Å².